The number of fused-ring (bicyclic) bond motifs is 1. The first-order chi connectivity index (χ1) is 7.91. The zero-order valence-electron chi connectivity index (χ0n) is 9.08. The Morgan fingerprint density at radius 3 is 2.76 bits per heavy atom. The Morgan fingerprint density at radius 1 is 1.47 bits per heavy atom. The molecule has 1 aromatic heterocycles. The summed E-state index contributed by atoms with van der Waals surface area (Å²) < 4.78 is 36.7. The molecular weight excluding hydrogens is 235 g/mol. The topological polar surface area (TPSA) is 46.1 Å². The van der Waals surface area contributed by atoms with E-state index in [0.717, 1.165) is 4.90 Å². The number of amides is 1. The summed E-state index contributed by atoms with van der Waals surface area (Å²) in [5.41, 5.74) is 1.09. The van der Waals surface area contributed by atoms with Crippen molar-refractivity contribution in [1.82, 2.24) is 14.9 Å². The number of hydrogen-bond donors (Lipinski definition) is 0. The Morgan fingerprint density at radius 2 is 2.18 bits per heavy atom. The van der Waals surface area contributed by atoms with Crippen molar-refractivity contribution in [2.75, 3.05) is 0 Å². The molecule has 7 heteroatoms. The quantitative estimate of drug-likeness (QED) is 0.752. The van der Waals surface area contributed by atoms with Crippen LogP contribution in [-0.2, 0) is 24.3 Å². The van der Waals surface area contributed by atoms with Gasteiger partial charge in [-0.3, -0.25) is 4.79 Å². The SMILES string of the molecule is CCc1ncc2c(n1)CN(C(=O)C(F)(F)F)C2. The van der Waals surface area contributed by atoms with Crippen molar-refractivity contribution in [2.24, 2.45) is 0 Å². The highest BCUT2D eigenvalue weighted by Gasteiger charge is 2.44. The Kier molecular flexibility index (Phi) is 2.76. The maximum atomic E-state index is 12.2. The summed E-state index contributed by atoms with van der Waals surface area (Å²) in [6.07, 6.45) is -2.73. The number of carbonyl (C=O) groups is 1. The van der Waals surface area contributed by atoms with E-state index in [2.05, 4.69) is 9.97 Å². The van der Waals surface area contributed by atoms with Crippen LogP contribution in [0.2, 0.25) is 0 Å². The lowest BCUT2D eigenvalue weighted by Gasteiger charge is -2.16. The molecule has 1 amide bonds. The van der Waals surface area contributed by atoms with Crippen LogP contribution >= 0.6 is 0 Å². The lowest BCUT2D eigenvalue weighted by Crippen LogP contribution is -2.37. The highest BCUT2D eigenvalue weighted by atomic mass is 19.4. The minimum absolute atomic E-state index is 0.0718. The third kappa shape index (κ3) is 2.22. The number of halogens is 3. The van der Waals surface area contributed by atoms with Gasteiger partial charge in [0.2, 0.25) is 0 Å². The van der Waals surface area contributed by atoms with Crippen LogP contribution in [0.1, 0.15) is 24.0 Å². The third-order valence-electron chi connectivity index (χ3n) is 2.55. The summed E-state index contributed by atoms with van der Waals surface area (Å²) in [7, 11) is 0. The van der Waals surface area contributed by atoms with E-state index in [4.69, 9.17) is 0 Å². The molecule has 2 heterocycles. The molecule has 0 fully saturated rings. The Bertz CT molecular complexity index is 459. The minimum atomic E-state index is -4.83. The predicted octanol–water partition coefficient (Wildman–Crippen LogP) is 1.44. The molecule has 17 heavy (non-hydrogen) atoms. The molecule has 1 aliphatic rings. The Labute approximate surface area is 95.5 Å². The fourth-order valence-corrected chi connectivity index (χ4v) is 1.69. The monoisotopic (exact) mass is 245 g/mol. The fourth-order valence-electron chi connectivity index (χ4n) is 1.69. The molecule has 0 N–H and O–H groups in total. The second-order valence-corrected chi connectivity index (χ2v) is 3.77. The molecular formula is C10H10F3N3O. The van der Waals surface area contributed by atoms with Gasteiger partial charge in [0.1, 0.15) is 5.82 Å². The molecule has 1 aromatic rings. The molecule has 0 unspecified atom stereocenters. The van der Waals surface area contributed by atoms with Crippen LogP contribution in [0.4, 0.5) is 13.2 Å². The van der Waals surface area contributed by atoms with E-state index in [1.165, 1.54) is 6.20 Å². The first-order valence-corrected chi connectivity index (χ1v) is 5.11. The average molecular weight is 245 g/mol. The van der Waals surface area contributed by atoms with Crippen LogP contribution in [0, 0.1) is 0 Å². The second kappa shape index (κ2) is 3.97. The van der Waals surface area contributed by atoms with Crippen molar-refractivity contribution < 1.29 is 18.0 Å². The lowest BCUT2D eigenvalue weighted by atomic mass is 10.3. The maximum absolute atomic E-state index is 12.2. The van der Waals surface area contributed by atoms with Gasteiger partial charge >= 0.3 is 12.1 Å². The van der Waals surface area contributed by atoms with Crippen LogP contribution < -0.4 is 0 Å². The van der Waals surface area contributed by atoms with Crippen molar-refractivity contribution in [3.8, 4) is 0 Å². The number of carbonyl (C=O) groups excluding carboxylic acids is 1. The summed E-state index contributed by atoms with van der Waals surface area (Å²) in [6, 6.07) is 0. The van der Waals surface area contributed by atoms with Gasteiger partial charge in [0.15, 0.2) is 0 Å². The number of rotatable bonds is 1. The van der Waals surface area contributed by atoms with E-state index in [1.54, 1.807) is 0 Å². The molecule has 0 bridgehead atoms. The molecule has 2 rings (SSSR count). The van der Waals surface area contributed by atoms with Crippen LogP contribution in [0.5, 0.6) is 0 Å². The van der Waals surface area contributed by atoms with E-state index in [-0.39, 0.29) is 13.1 Å². The fraction of sp³-hybridized carbons (Fsp3) is 0.500. The zero-order valence-corrected chi connectivity index (χ0v) is 9.08. The van der Waals surface area contributed by atoms with Gasteiger partial charge in [-0.05, 0) is 0 Å². The van der Waals surface area contributed by atoms with Crippen molar-refractivity contribution in [3.05, 3.63) is 23.3 Å². The first kappa shape index (κ1) is 11.8. The van der Waals surface area contributed by atoms with Gasteiger partial charge in [0.05, 0.1) is 12.2 Å². The standard InChI is InChI=1S/C10H10F3N3O/c1-2-8-14-3-6-4-16(5-7(6)15-8)9(17)10(11,12)13/h3H,2,4-5H2,1H3. The normalized spacial score (nSPS) is 14.9. The molecule has 0 radical (unpaired) electrons. The lowest BCUT2D eigenvalue weighted by molar-refractivity contribution is -0.186. The summed E-state index contributed by atoms with van der Waals surface area (Å²) in [4.78, 5) is 19.9. The maximum Gasteiger partial charge on any atom is 0.471 e. The van der Waals surface area contributed by atoms with Crippen LogP contribution in [0.3, 0.4) is 0 Å². The highest BCUT2D eigenvalue weighted by molar-refractivity contribution is 5.82. The van der Waals surface area contributed by atoms with Crippen molar-refractivity contribution >= 4 is 5.91 Å². The van der Waals surface area contributed by atoms with Crippen molar-refractivity contribution in [2.45, 2.75) is 32.6 Å². The number of nitrogens with zero attached hydrogens (tertiary/aromatic N) is 3. The molecule has 0 aromatic carbocycles. The van der Waals surface area contributed by atoms with Gasteiger partial charge in [-0.15, -0.1) is 0 Å². The van der Waals surface area contributed by atoms with E-state index < -0.39 is 12.1 Å². The minimum Gasteiger partial charge on any atom is -0.325 e. The molecule has 0 saturated carbocycles. The van der Waals surface area contributed by atoms with E-state index >= 15 is 0 Å². The predicted molar refractivity (Wildman–Crippen MR) is 51.7 cm³/mol. The molecule has 92 valence electrons. The summed E-state index contributed by atoms with van der Waals surface area (Å²) >= 11 is 0. The molecule has 0 spiro atoms. The highest BCUT2D eigenvalue weighted by Crippen LogP contribution is 2.26. The number of aryl methyl sites for hydroxylation is 1. The van der Waals surface area contributed by atoms with Crippen LogP contribution in [0.25, 0.3) is 0 Å². The summed E-state index contributed by atoms with van der Waals surface area (Å²) in [5, 5.41) is 0. The molecule has 0 atom stereocenters. The number of aromatic nitrogens is 2. The summed E-state index contributed by atoms with van der Waals surface area (Å²) in [5.74, 6) is -1.25. The van der Waals surface area contributed by atoms with E-state index in [0.29, 0.717) is 23.5 Å². The Hall–Kier alpha value is -1.66. The smallest absolute Gasteiger partial charge is 0.325 e. The van der Waals surface area contributed by atoms with Crippen LogP contribution in [-0.4, -0.2) is 27.0 Å². The molecule has 4 nitrogen and oxygen atoms in total. The van der Waals surface area contributed by atoms with Gasteiger partial charge in [0, 0.05) is 24.7 Å². The van der Waals surface area contributed by atoms with Gasteiger partial charge in [-0.25, -0.2) is 9.97 Å². The van der Waals surface area contributed by atoms with E-state index in [1.807, 2.05) is 6.92 Å². The number of hydrogen-bond acceptors (Lipinski definition) is 3. The molecule has 1 aliphatic heterocycles. The van der Waals surface area contributed by atoms with Gasteiger partial charge < -0.3 is 4.90 Å². The van der Waals surface area contributed by atoms with Gasteiger partial charge in [-0.2, -0.15) is 13.2 Å². The third-order valence-corrected chi connectivity index (χ3v) is 2.55. The van der Waals surface area contributed by atoms with Gasteiger partial charge in [0.25, 0.3) is 0 Å². The van der Waals surface area contributed by atoms with Crippen LogP contribution in [0.15, 0.2) is 6.20 Å². The molecule has 0 aliphatic carbocycles. The number of alkyl halides is 3. The molecule has 0 saturated heterocycles. The van der Waals surface area contributed by atoms with E-state index in [9.17, 15) is 18.0 Å². The zero-order chi connectivity index (χ0) is 12.6. The Balaban J connectivity index is 2.19. The van der Waals surface area contributed by atoms with Crippen molar-refractivity contribution in [3.63, 3.8) is 0 Å². The second-order valence-electron chi connectivity index (χ2n) is 3.77. The largest absolute Gasteiger partial charge is 0.471 e. The van der Waals surface area contributed by atoms with Gasteiger partial charge in [-0.1, -0.05) is 6.92 Å². The first-order valence-electron chi connectivity index (χ1n) is 5.11. The van der Waals surface area contributed by atoms with Crippen molar-refractivity contribution in [1.29, 1.82) is 0 Å². The average Bonchev–Trinajstić information content (AvgIpc) is 2.68. The summed E-state index contributed by atoms with van der Waals surface area (Å²) in [6.45, 7) is 1.69.